The Hall–Kier alpha value is -3.08. The molecule has 1 N–H and O–H groups in total. The lowest BCUT2D eigenvalue weighted by Gasteiger charge is -2.12. The molecule has 0 saturated heterocycles. The Morgan fingerprint density at radius 1 is 1.17 bits per heavy atom. The van der Waals surface area contributed by atoms with Crippen molar-refractivity contribution in [2.75, 3.05) is 0 Å². The molecular weight excluding hydrogens is 292 g/mol. The first-order valence-corrected chi connectivity index (χ1v) is 7.37. The highest BCUT2D eigenvalue weighted by atomic mass is 16.6. The Morgan fingerprint density at radius 3 is 2.78 bits per heavy atom. The molecule has 4 rings (SSSR count). The fourth-order valence-corrected chi connectivity index (χ4v) is 2.98. The minimum Gasteiger partial charge on any atom is -0.487 e. The van der Waals surface area contributed by atoms with Gasteiger partial charge in [-0.3, -0.25) is 10.1 Å². The van der Waals surface area contributed by atoms with Gasteiger partial charge in [-0.05, 0) is 17.2 Å². The van der Waals surface area contributed by atoms with E-state index in [1.807, 2.05) is 42.5 Å². The summed E-state index contributed by atoms with van der Waals surface area (Å²) in [5, 5.41) is 12.0. The van der Waals surface area contributed by atoms with Gasteiger partial charge in [-0.15, -0.1) is 0 Å². The number of hydrogen-bond acceptors (Lipinski definition) is 3. The van der Waals surface area contributed by atoms with Crippen LogP contribution in [0, 0.1) is 10.1 Å². The monoisotopic (exact) mass is 306 g/mol. The van der Waals surface area contributed by atoms with Crippen molar-refractivity contribution in [2.45, 2.75) is 13.0 Å². The predicted octanol–water partition coefficient (Wildman–Crippen LogP) is 3.92. The van der Waals surface area contributed by atoms with Gasteiger partial charge in [0.05, 0.1) is 16.9 Å². The van der Waals surface area contributed by atoms with Crippen molar-refractivity contribution in [3.05, 3.63) is 81.2 Å². The first-order chi connectivity index (χ1) is 11.2. The van der Waals surface area contributed by atoms with E-state index >= 15 is 0 Å². The molecular formula is C18H14N2O3. The Bertz CT molecular complexity index is 926. The zero-order valence-electron chi connectivity index (χ0n) is 12.3. The summed E-state index contributed by atoms with van der Waals surface area (Å²) in [5.74, 6) is 0.761. The fraction of sp³-hybridized carbons (Fsp3) is 0.111. The highest BCUT2D eigenvalue weighted by Gasteiger charge is 2.23. The minimum atomic E-state index is -0.318. The van der Waals surface area contributed by atoms with E-state index in [2.05, 4.69) is 4.98 Å². The third-order valence-electron chi connectivity index (χ3n) is 4.08. The van der Waals surface area contributed by atoms with Gasteiger partial charge in [-0.1, -0.05) is 36.4 Å². The summed E-state index contributed by atoms with van der Waals surface area (Å²) in [5.41, 5.74) is 4.01. The summed E-state index contributed by atoms with van der Waals surface area (Å²) in [7, 11) is 0. The van der Waals surface area contributed by atoms with Crippen LogP contribution in [0.2, 0.25) is 0 Å². The molecule has 0 unspecified atom stereocenters. The molecule has 1 aromatic heterocycles. The largest absolute Gasteiger partial charge is 0.487 e. The minimum absolute atomic E-state index is 0.219. The summed E-state index contributed by atoms with van der Waals surface area (Å²) < 4.78 is 5.93. The third-order valence-corrected chi connectivity index (χ3v) is 4.08. The Kier molecular flexibility index (Phi) is 3.12. The fourth-order valence-electron chi connectivity index (χ4n) is 2.98. The number of H-pyrrole nitrogens is 1. The summed E-state index contributed by atoms with van der Waals surface area (Å²) in [4.78, 5) is 13.9. The number of rotatable bonds is 4. The first-order valence-electron chi connectivity index (χ1n) is 7.37. The standard InChI is InChI=1S/C18H14N2O3/c21-20(22)15-8-13-6-7-16(18-17(13)14(9-15)10-19-18)23-11-12-4-2-1-3-5-12/h1-7,9-10,19H,8,11H2. The molecule has 3 aromatic rings. The molecule has 1 heterocycles. The molecule has 0 saturated carbocycles. The molecule has 5 nitrogen and oxygen atoms in total. The summed E-state index contributed by atoms with van der Waals surface area (Å²) in [6.45, 7) is 0.486. The van der Waals surface area contributed by atoms with Crippen LogP contribution in [-0.4, -0.2) is 9.91 Å². The van der Waals surface area contributed by atoms with Gasteiger partial charge in [0.15, 0.2) is 0 Å². The molecule has 0 spiro atoms. The van der Waals surface area contributed by atoms with Gasteiger partial charge in [-0.25, -0.2) is 0 Å². The number of allylic oxidation sites excluding steroid dienone is 1. The summed E-state index contributed by atoms with van der Waals surface area (Å²) in [6.07, 6.45) is 3.77. The maximum atomic E-state index is 11.0. The van der Waals surface area contributed by atoms with Crippen molar-refractivity contribution >= 4 is 17.0 Å². The van der Waals surface area contributed by atoms with Crippen LogP contribution in [0.1, 0.15) is 16.7 Å². The van der Waals surface area contributed by atoms with Crippen LogP contribution in [0.3, 0.4) is 0 Å². The van der Waals surface area contributed by atoms with Crippen LogP contribution in [0.4, 0.5) is 0 Å². The van der Waals surface area contributed by atoms with Crippen LogP contribution >= 0.6 is 0 Å². The summed E-state index contributed by atoms with van der Waals surface area (Å²) in [6, 6.07) is 13.7. The lowest BCUT2D eigenvalue weighted by Crippen LogP contribution is -2.06. The molecule has 5 heteroatoms. The van der Waals surface area contributed by atoms with Crippen LogP contribution in [0.25, 0.3) is 17.0 Å². The molecule has 23 heavy (non-hydrogen) atoms. The lowest BCUT2D eigenvalue weighted by atomic mass is 9.96. The van der Waals surface area contributed by atoms with Crippen LogP contribution < -0.4 is 4.74 Å². The molecule has 0 amide bonds. The maximum Gasteiger partial charge on any atom is 0.251 e. The number of nitrogens with zero attached hydrogens (tertiary/aromatic N) is 1. The highest BCUT2D eigenvalue weighted by molar-refractivity contribution is 5.97. The average Bonchev–Trinajstić information content (AvgIpc) is 3.00. The zero-order chi connectivity index (χ0) is 15.8. The second-order valence-corrected chi connectivity index (χ2v) is 5.56. The third kappa shape index (κ3) is 2.36. The smallest absolute Gasteiger partial charge is 0.251 e. The molecule has 0 radical (unpaired) electrons. The van der Waals surface area contributed by atoms with Crippen LogP contribution in [-0.2, 0) is 13.0 Å². The van der Waals surface area contributed by atoms with Crippen molar-refractivity contribution in [3.63, 3.8) is 0 Å². The number of nitro groups is 1. The zero-order valence-corrected chi connectivity index (χ0v) is 12.3. The van der Waals surface area contributed by atoms with Crippen molar-refractivity contribution in [3.8, 4) is 5.75 Å². The van der Waals surface area contributed by atoms with E-state index < -0.39 is 0 Å². The van der Waals surface area contributed by atoms with Gasteiger partial charge < -0.3 is 9.72 Å². The molecule has 0 bridgehead atoms. The number of hydrogen-bond donors (Lipinski definition) is 1. The van der Waals surface area contributed by atoms with E-state index in [1.54, 1.807) is 12.3 Å². The molecule has 1 aliphatic carbocycles. The lowest BCUT2D eigenvalue weighted by molar-refractivity contribution is -0.425. The van der Waals surface area contributed by atoms with Gasteiger partial charge in [0, 0.05) is 23.2 Å². The molecule has 114 valence electrons. The van der Waals surface area contributed by atoms with Gasteiger partial charge in [0.1, 0.15) is 12.4 Å². The quantitative estimate of drug-likeness (QED) is 0.586. The van der Waals surface area contributed by atoms with Crippen molar-refractivity contribution in [1.29, 1.82) is 0 Å². The number of nitrogens with one attached hydrogen (secondary N) is 1. The molecule has 0 aliphatic heterocycles. The molecule has 1 aliphatic rings. The highest BCUT2D eigenvalue weighted by Crippen LogP contribution is 2.36. The van der Waals surface area contributed by atoms with Crippen molar-refractivity contribution < 1.29 is 9.66 Å². The van der Waals surface area contributed by atoms with Crippen molar-refractivity contribution in [2.24, 2.45) is 0 Å². The van der Waals surface area contributed by atoms with Gasteiger partial charge in [0.2, 0.25) is 0 Å². The topological polar surface area (TPSA) is 68.2 Å². The number of aromatic nitrogens is 1. The second-order valence-electron chi connectivity index (χ2n) is 5.56. The van der Waals surface area contributed by atoms with E-state index in [0.717, 1.165) is 33.3 Å². The number of benzene rings is 2. The molecule has 0 atom stereocenters. The maximum absolute atomic E-state index is 11.0. The van der Waals surface area contributed by atoms with Crippen molar-refractivity contribution in [1.82, 2.24) is 4.98 Å². The van der Waals surface area contributed by atoms with Gasteiger partial charge >= 0.3 is 0 Å². The molecule has 2 aromatic carbocycles. The average molecular weight is 306 g/mol. The van der Waals surface area contributed by atoms with Gasteiger partial charge in [-0.2, -0.15) is 0 Å². The van der Waals surface area contributed by atoms with Crippen LogP contribution in [0.5, 0.6) is 5.75 Å². The number of ether oxygens (including phenoxy) is 1. The Morgan fingerprint density at radius 2 is 2.00 bits per heavy atom. The summed E-state index contributed by atoms with van der Waals surface area (Å²) >= 11 is 0. The second kappa shape index (κ2) is 5.28. The van der Waals surface area contributed by atoms with Crippen LogP contribution in [0.15, 0.2) is 54.4 Å². The van der Waals surface area contributed by atoms with Gasteiger partial charge in [0.25, 0.3) is 5.70 Å². The van der Waals surface area contributed by atoms with E-state index in [4.69, 9.17) is 4.74 Å². The number of aromatic amines is 1. The van der Waals surface area contributed by atoms with E-state index in [9.17, 15) is 10.1 Å². The normalized spacial score (nSPS) is 13.0. The predicted molar refractivity (Wildman–Crippen MR) is 87.7 cm³/mol. The van der Waals surface area contributed by atoms with E-state index in [-0.39, 0.29) is 10.6 Å². The SMILES string of the molecule is O=[N+]([O-])C1=Cc2c[nH]c3c(OCc4ccccc4)ccc(c23)C1. The van der Waals surface area contributed by atoms with E-state index in [1.165, 1.54) is 0 Å². The van der Waals surface area contributed by atoms with E-state index in [0.29, 0.717) is 13.0 Å². The Balaban J connectivity index is 1.69. The Labute approximate surface area is 132 Å². The first kappa shape index (κ1) is 13.6. The molecule has 0 fully saturated rings.